The normalized spacial score (nSPS) is 16.6. The van der Waals surface area contributed by atoms with E-state index in [2.05, 4.69) is 82.8 Å². The molecule has 1 aliphatic heterocycles. The van der Waals surface area contributed by atoms with Crippen LogP contribution in [0.4, 0.5) is 0 Å². The summed E-state index contributed by atoms with van der Waals surface area (Å²) in [5.41, 5.74) is 5.79. The molecule has 3 aromatic rings. The maximum absolute atomic E-state index is 11.5. The van der Waals surface area contributed by atoms with Crippen LogP contribution in [0, 0.1) is 0 Å². The molecule has 0 radical (unpaired) electrons. The van der Waals surface area contributed by atoms with Gasteiger partial charge in [-0.2, -0.15) is 5.10 Å². The Morgan fingerprint density at radius 3 is 2.38 bits per heavy atom. The Morgan fingerprint density at radius 2 is 1.72 bits per heavy atom. The summed E-state index contributed by atoms with van der Waals surface area (Å²) in [6, 6.07) is 19.6. The van der Waals surface area contributed by atoms with E-state index in [1.54, 1.807) is 0 Å². The largest absolute Gasteiger partial charge is 0.352 e. The molecule has 1 saturated heterocycles. The van der Waals surface area contributed by atoms with Gasteiger partial charge in [0.2, 0.25) is 5.91 Å². The number of nitrogens with zero attached hydrogens (tertiary/aromatic N) is 2. The van der Waals surface area contributed by atoms with Gasteiger partial charge in [-0.15, -0.1) is 0 Å². The van der Waals surface area contributed by atoms with Gasteiger partial charge in [0.25, 0.3) is 0 Å². The van der Waals surface area contributed by atoms with Crippen LogP contribution in [0.15, 0.2) is 60.8 Å². The van der Waals surface area contributed by atoms with Crippen molar-refractivity contribution in [3.63, 3.8) is 0 Å². The topological polar surface area (TPSA) is 61.0 Å². The van der Waals surface area contributed by atoms with Crippen LogP contribution < -0.4 is 5.32 Å². The summed E-state index contributed by atoms with van der Waals surface area (Å²) in [5.74, 6) is 0.168. The van der Waals surface area contributed by atoms with Gasteiger partial charge in [-0.3, -0.25) is 14.8 Å². The van der Waals surface area contributed by atoms with E-state index in [1.807, 2.05) is 12.3 Å². The van der Waals surface area contributed by atoms with Crippen LogP contribution in [0.25, 0.3) is 22.4 Å². The van der Waals surface area contributed by atoms with Crippen molar-refractivity contribution in [3.8, 4) is 22.4 Å². The summed E-state index contributed by atoms with van der Waals surface area (Å²) in [6.45, 7) is 6.06. The lowest BCUT2D eigenvalue weighted by molar-refractivity contribution is -0.119. The number of nitrogens with one attached hydrogen (secondary N) is 2. The zero-order valence-electron chi connectivity index (χ0n) is 17.1. The monoisotopic (exact) mass is 388 g/mol. The highest BCUT2D eigenvalue weighted by Gasteiger charge is 2.25. The second-order valence-corrected chi connectivity index (χ2v) is 8.04. The van der Waals surface area contributed by atoms with E-state index in [0.717, 1.165) is 30.8 Å². The van der Waals surface area contributed by atoms with Gasteiger partial charge in [0.1, 0.15) is 0 Å². The number of aromatic amines is 1. The predicted octanol–water partition coefficient (Wildman–Crippen LogP) is 4.23. The Kier molecular flexibility index (Phi) is 5.76. The molecule has 1 fully saturated rings. The van der Waals surface area contributed by atoms with Gasteiger partial charge in [0.05, 0.1) is 11.9 Å². The van der Waals surface area contributed by atoms with Gasteiger partial charge < -0.3 is 5.32 Å². The van der Waals surface area contributed by atoms with E-state index < -0.39 is 0 Å². The van der Waals surface area contributed by atoms with Crippen LogP contribution in [0.3, 0.4) is 0 Å². The van der Waals surface area contributed by atoms with E-state index in [9.17, 15) is 4.79 Å². The van der Waals surface area contributed by atoms with Crippen LogP contribution >= 0.6 is 0 Å². The first-order valence-corrected chi connectivity index (χ1v) is 10.3. The van der Waals surface area contributed by atoms with Crippen molar-refractivity contribution in [1.82, 2.24) is 20.4 Å². The highest BCUT2D eigenvalue weighted by atomic mass is 16.1. The molecule has 0 aliphatic carbocycles. The molecule has 150 valence electrons. The Morgan fingerprint density at radius 1 is 1.03 bits per heavy atom. The molecule has 2 heterocycles. The zero-order valence-corrected chi connectivity index (χ0v) is 17.1. The maximum atomic E-state index is 11.5. The average molecular weight is 389 g/mol. The molecule has 1 aromatic heterocycles. The third kappa shape index (κ3) is 4.57. The van der Waals surface area contributed by atoms with E-state index in [4.69, 9.17) is 0 Å². The summed E-state index contributed by atoms with van der Waals surface area (Å²) < 4.78 is 0. The van der Waals surface area contributed by atoms with E-state index in [1.165, 1.54) is 16.7 Å². The molecule has 5 heteroatoms. The fourth-order valence-electron chi connectivity index (χ4n) is 3.91. The van der Waals surface area contributed by atoms with Crippen molar-refractivity contribution in [2.75, 3.05) is 6.54 Å². The molecule has 0 spiro atoms. The van der Waals surface area contributed by atoms with Crippen molar-refractivity contribution in [1.29, 1.82) is 0 Å². The van der Waals surface area contributed by atoms with E-state index >= 15 is 0 Å². The Hall–Kier alpha value is -2.92. The highest BCUT2D eigenvalue weighted by molar-refractivity contribution is 5.78. The maximum Gasteiger partial charge on any atom is 0.220 e. The molecule has 0 saturated carbocycles. The molecule has 1 amide bonds. The molecule has 0 bridgehead atoms. The van der Waals surface area contributed by atoms with Crippen molar-refractivity contribution >= 4 is 5.91 Å². The third-order valence-electron chi connectivity index (χ3n) is 5.64. The number of amides is 1. The fourth-order valence-corrected chi connectivity index (χ4v) is 3.91. The molecule has 2 aromatic carbocycles. The molecule has 4 rings (SSSR count). The van der Waals surface area contributed by atoms with Crippen molar-refractivity contribution in [2.45, 2.75) is 45.3 Å². The fraction of sp³-hybridized carbons (Fsp3) is 0.333. The van der Waals surface area contributed by atoms with E-state index in [-0.39, 0.29) is 11.9 Å². The van der Waals surface area contributed by atoms with Gasteiger partial charge in [-0.1, -0.05) is 54.6 Å². The van der Waals surface area contributed by atoms with Crippen molar-refractivity contribution in [2.24, 2.45) is 0 Å². The minimum absolute atomic E-state index is 0.168. The number of carbonyl (C=O) groups is 1. The quantitative estimate of drug-likeness (QED) is 0.637. The zero-order chi connectivity index (χ0) is 20.2. The van der Waals surface area contributed by atoms with Crippen LogP contribution in [0.1, 0.15) is 32.3 Å². The lowest BCUT2D eigenvalue weighted by atomic mass is 10.0. The summed E-state index contributed by atoms with van der Waals surface area (Å²) >= 11 is 0. The summed E-state index contributed by atoms with van der Waals surface area (Å²) in [4.78, 5) is 14.0. The number of H-pyrrole nitrogens is 1. The summed E-state index contributed by atoms with van der Waals surface area (Å²) in [5, 5.41) is 10.6. The first-order chi connectivity index (χ1) is 14.1. The molecule has 2 N–H and O–H groups in total. The smallest absolute Gasteiger partial charge is 0.220 e. The molecule has 5 nitrogen and oxygen atoms in total. The highest BCUT2D eigenvalue weighted by Crippen LogP contribution is 2.27. The van der Waals surface area contributed by atoms with Crippen LogP contribution in [0.5, 0.6) is 0 Å². The lowest BCUT2D eigenvalue weighted by Crippen LogP contribution is -2.41. The number of rotatable bonds is 7. The Bertz CT molecular complexity index is 947. The average Bonchev–Trinajstić information content (AvgIpc) is 3.37. The second-order valence-electron chi connectivity index (χ2n) is 8.04. The van der Waals surface area contributed by atoms with Gasteiger partial charge in [0, 0.05) is 37.2 Å². The van der Waals surface area contributed by atoms with Crippen LogP contribution in [-0.2, 0) is 11.3 Å². The Labute approximate surface area is 172 Å². The second kappa shape index (κ2) is 8.62. The third-order valence-corrected chi connectivity index (χ3v) is 5.64. The van der Waals surface area contributed by atoms with Crippen LogP contribution in [0.2, 0.25) is 0 Å². The molecule has 29 heavy (non-hydrogen) atoms. The lowest BCUT2D eigenvalue weighted by Gasteiger charge is -2.29. The first kappa shape index (κ1) is 19.4. The van der Waals surface area contributed by atoms with Crippen molar-refractivity contribution < 1.29 is 4.79 Å². The minimum atomic E-state index is 0.168. The molecule has 1 aliphatic rings. The van der Waals surface area contributed by atoms with E-state index in [0.29, 0.717) is 12.5 Å². The predicted molar refractivity (Wildman–Crippen MR) is 116 cm³/mol. The SMILES string of the molecule is CC(C)N(Cc1cn[nH]c1-c1ccc(-c2ccccc2)cc1)CC1CCC(=O)N1. The van der Waals surface area contributed by atoms with Gasteiger partial charge in [-0.05, 0) is 37.0 Å². The number of hydrogen-bond donors (Lipinski definition) is 2. The summed E-state index contributed by atoms with van der Waals surface area (Å²) in [6.07, 6.45) is 3.48. The van der Waals surface area contributed by atoms with Gasteiger partial charge >= 0.3 is 0 Å². The number of carbonyl (C=O) groups excluding carboxylic acids is 1. The standard InChI is InChI=1S/C24H28N4O/c1-17(2)28(16-22-12-13-23(29)26-22)15-21-14-25-27-24(21)20-10-8-19(9-11-20)18-6-4-3-5-7-18/h3-11,14,17,22H,12-13,15-16H2,1-2H3,(H,25,27)(H,26,29). The first-order valence-electron chi connectivity index (χ1n) is 10.3. The van der Waals surface area contributed by atoms with Gasteiger partial charge in [0.15, 0.2) is 0 Å². The van der Waals surface area contributed by atoms with Crippen molar-refractivity contribution in [3.05, 3.63) is 66.4 Å². The molecule has 1 atom stereocenters. The Balaban J connectivity index is 1.50. The number of hydrogen-bond acceptors (Lipinski definition) is 3. The minimum Gasteiger partial charge on any atom is -0.352 e. The number of benzene rings is 2. The van der Waals surface area contributed by atoms with Crippen LogP contribution in [-0.4, -0.2) is 39.6 Å². The summed E-state index contributed by atoms with van der Waals surface area (Å²) in [7, 11) is 0. The molecular weight excluding hydrogens is 360 g/mol. The molecule has 1 unspecified atom stereocenters. The molecular formula is C24H28N4O. The van der Waals surface area contributed by atoms with Gasteiger partial charge in [-0.25, -0.2) is 0 Å². The number of aromatic nitrogens is 2.